The van der Waals surface area contributed by atoms with Gasteiger partial charge in [0.1, 0.15) is 0 Å². The zero-order chi connectivity index (χ0) is 7.49. The van der Waals surface area contributed by atoms with Crippen molar-refractivity contribution in [3.8, 4) is 0 Å². The van der Waals surface area contributed by atoms with E-state index in [1.165, 1.54) is 0 Å². The van der Waals surface area contributed by atoms with E-state index >= 15 is 0 Å². The van der Waals surface area contributed by atoms with Gasteiger partial charge in [-0.2, -0.15) is 0 Å². The van der Waals surface area contributed by atoms with Crippen LogP contribution in [-0.4, -0.2) is 8.91 Å². The van der Waals surface area contributed by atoms with E-state index in [0.29, 0.717) is 0 Å². The van der Waals surface area contributed by atoms with Gasteiger partial charge in [0.05, 0.1) is 0 Å². The molecule has 0 unspecified atom stereocenters. The molecule has 0 fully saturated rings. The average molecular weight is 207 g/mol. The molecule has 1 radical (unpaired) electrons. The number of halogens is 3. The number of hydrogen-bond acceptors (Lipinski definition) is 1. The van der Waals surface area contributed by atoms with Gasteiger partial charge >= 0.3 is 0 Å². The first kappa shape index (κ1) is 9.76. The number of alkyl halides is 3. The second kappa shape index (κ2) is 3.81. The van der Waals surface area contributed by atoms with Crippen LogP contribution >= 0.6 is 47.4 Å². The van der Waals surface area contributed by atoms with Crippen molar-refractivity contribution in [1.29, 1.82) is 0 Å². The highest BCUT2D eigenvalue weighted by Gasteiger charge is 2.19. The zero-order valence-corrected chi connectivity index (χ0v) is 7.45. The fourth-order valence-corrected chi connectivity index (χ4v) is 0.629. The Morgan fingerprint density at radius 3 is 2.00 bits per heavy atom. The monoisotopic (exact) mass is 205 g/mol. The fraction of sp³-hybridized carbons (Fsp3) is 0.750. The van der Waals surface area contributed by atoms with Crippen molar-refractivity contribution in [3.05, 3.63) is 0 Å². The summed E-state index contributed by atoms with van der Waals surface area (Å²) >= 11 is 20.2. The van der Waals surface area contributed by atoms with Gasteiger partial charge in [-0.05, 0) is 12.6 Å². The molecule has 0 rings (SSSR count). The summed E-state index contributed by atoms with van der Waals surface area (Å²) in [7, 11) is 0. The van der Waals surface area contributed by atoms with Gasteiger partial charge in [-0.25, -0.2) is 0 Å². The molecule has 9 heavy (non-hydrogen) atoms. The third-order valence-electron chi connectivity index (χ3n) is 0.613. The molecule has 0 aliphatic carbocycles. The van der Waals surface area contributed by atoms with Gasteiger partial charge in [0.15, 0.2) is 3.79 Å². The maximum Gasteiger partial charge on any atom is 0.218 e. The summed E-state index contributed by atoms with van der Waals surface area (Å²) in [6.07, 6.45) is 0.339. The van der Waals surface area contributed by atoms with E-state index < -0.39 is 3.79 Å². The van der Waals surface area contributed by atoms with Gasteiger partial charge in [-0.15, -0.1) is 0 Å². The van der Waals surface area contributed by atoms with Crippen LogP contribution in [0.1, 0.15) is 12.8 Å². The number of hydrogen-bond donors (Lipinski definition) is 0. The van der Waals surface area contributed by atoms with E-state index in [9.17, 15) is 4.79 Å². The highest BCUT2D eigenvalue weighted by Crippen LogP contribution is 2.31. The molecule has 0 spiro atoms. The van der Waals surface area contributed by atoms with Crippen molar-refractivity contribution in [2.75, 3.05) is 0 Å². The van der Waals surface area contributed by atoms with Crippen LogP contribution in [0.25, 0.3) is 0 Å². The predicted octanol–water partition coefficient (Wildman–Crippen LogP) is 2.86. The molecule has 0 aromatic rings. The SMILES string of the molecule is O=C([S])CCC(Cl)(Cl)Cl. The Labute approximate surface area is 74.1 Å². The lowest BCUT2D eigenvalue weighted by Crippen LogP contribution is -2.03. The third kappa shape index (κ3) is 8.76. The van der Waals surface area contributed by atoms with Gasteiger partial charge in [0, 0.05) is 12.8 Å². The fourth-order valence-electron chi connectivity index (χ4n) is 0.244. The predicted molar refractivity (Wildman–Crippen MR) is 42.1 cm³/mol. The molecule has 0 aliphatic heterocycles. The molecule has 0 atom stereocenters. The second-order valence-corrected chi connectivity index (χ2v) is 4.46. The first-order chi connectivity index (χ1) is 3.92. The molecule has 0 aromatic heterocycles. The summed E-state index contributed by atoms with van der Waals surface area (Å²) in [5.74, 6) is 0. The molecule has 5 heteroatoms. The van der Waals surface area contributed by atoms with E-state index in [-0.39, 0.29) is 18.0 Å². The van der Waals surface area contributed by atoms with Crippen LogP contribution in [0.3, 0.4) is 0 Å². The summed E-state index contributed by atoms with van der Waals surface area (Å²) in [4.78, 5) is 10.1. The molecule has 0 bridgehead atoms. The Hall–Kier alpha value is 0.760. The summed E-state index contributed by atoms with van der Waals surface area (Å²) in [5.41, 5.74) is 0. The molecular weight excluding hydrogens is 202 g/mol. The molecule has 53 valence electrons. The first-order valence-corrected chi connectivity index (χ1v) is 3.72. The standard InChI is InChI=1S/C4H4Cl3OS/c5-4(6,7)2-1-3(8)9/h1-2H2. The molecule has 0 aromatic carbocycles. The minimum atomic E-state index is -1.34. The number of rotatable bonds is 2. The average Bonchev–Trinajstić information content (AvgIpc) is 1.59. The summed E-state index contributed by atoms with van der Waals surface area (Å²) in [5, 5.41) is -0.374. The largest absolute Gasteiger partial charge is 0.282 e. The van der Waals surface area contributed by atoms with Crippen molar-refractivity contribution < 1.29 is 4.79 Å². The van der Waals surface area contributed by atoms with Crippen LogP contribution in [0.4, 0.5) is 0 Å². The smallest absolute Gasteiger partial charge is 0.218 e. The Morgan fingerprint density at radius 2 is 1.89 bits per heavy atom. The maximum absolute atomic E-state index is 10.1. The third-order valence-corrected chi connectivity index (χ3v) is 1.38. The molecule has 0 saturated heterocycles. The molecule has 0 heterocycles. The van der Waals surface area contributed by atoms with Crippen molar-refractivity contribution in [3.63, 3.8) is 0 Å². The number of carbonyl (C=O) groups excluding carboxylic acids is 1. The van der Waals surface area contributed by atoms with E-state index in [1.54, 1.807) is 0 Å². The topological polar surface area (TPSA) is 17.1 Å². The molecule has 1 nitrogen and oxygen atoms in total. The van der Waals surface area contributed by atoms with Crippen LogP contribution in [0.2, 0.25) is 0 Å². The quantitative estimate of drug-likeness (QED) is 0.635. The summed E-state index contributed by atoms with van der Waals surface area (Å²) in [6, 6.07) is 0. The lowest BCUT2D eigenvalue weighted by atomic mass is 10.4. The second-order valence-electron chi connectivity index (χ2n) is 1.49. The summed E-state index contributed by atoms with van der Waals surface area (Å²) in [6.45, 7) is 0. The minimum Gasteiger partial charge on any atom is -0.282 e. The summed E-state index contributed by atoms with van der Waals surface area (Å²) < 4.78 is -1.34. The van der Waals surface area contributed by atoms with Crippen molar-refractivity contribution in [1.82, 2.24) is 0 Å². The Balaban J connectivity index is 3.39. The molecule has 0 N–H and O–H groups in total. The molecule has 0 amide bonds. The van der Waals surface area contributed by atoms with Crippen molar-refractivity contribution >= 4 is 52.5 Å². The maximum atomic E-state index is 10.1. The zero-order valence-electron chi connectivity index (χ0n) is 4.36. The van der Waals surface area contributed by atoms with Crippen molar-refractivity contribution in [2.24, 2.45) is 0 Å². The molecule has 0 aliphatic rings. The minimum absolute atomic E-state index is 0.145. The Bertz CT molecular complexity index is 109. The molecule has 0 saturated carbocycles. The van der Waals surface area contributed by atoms with Gasteiger partial charge < -0.3 is 0 Å². The Kier molecular flexibility index (Phi) is 4.14. The van der Waals surface area contributed by atoms with E-state index in [0.717, 1.165) is 0 Å². The molecular formula is C4H4Cl3OS. The van der Waals surface area contributed by atoms with Crippen LogP contribution in [0.5, 0.6) is 0 Å². The lowest BCUT2D eigenvalue weighted by Gasteiger charge is -2.06. The van der Waals surface area contributed by atoms with Gasteiger partial charge in [-0.3, -0.25) is 4.79 Å². The van der Waals surface area contributed by atoms with Gasteiger partial charge in [0.25, 0.3) is 0 Å². The first-order valence-electron chi connectivity index (χ1n) is 2.18. The van der Waals surface area contributed by atoms with E-state index in [4.69, 9.17) is 34.8 Å². The van der Waals surface area contributed by atoms with Crippen molar-refractivity contribution in [2.45, 2.75) is 16.6 Å². The van der Waals surface area contributed by atoms with Gasteiger partial charge in [-0.1, -0.05) is 34.8 Å². The van der Waals surface area contributed by atoms with E-state index in [1.807, 2.05) is 0 Å². The highest BCUT2D eigenvalue weighted by molar-refractivity contribution is 7.96. The Morgan fingerprint density at radius 1 is 1.44 bits per heavy atom. The highest BCUT2D eigenvalue weighted by atomic mass is 35.6. The van der Waals surface area contributed by atoms with Crippen LogP contribution < -0.4 is 0 Å². The lowest BCUT2D eigenvalue weighted by molar-refractivity contribution is -0.110. The van der Waals surface area contributed by atoms with Crippen LogP contribution in [0, 0.1) is 0 Å². The van der Waals surface area contributed by atoms with Gasteiger partial charge in [0.2, 0.25) is 5.12 Å². The normalized spacial score (nSPS) is 11.4. The van der Waals surface area contributed by atoms with Crippen LogP contribution in [0.15, 0.2) is 0 Å². The number of carbonyl (C=O) groups is 1. The van der Waals surface area contributed by atoms with Crippen LogP contribution in [-0.2, 0) is 4.79 Å². The van der Waals surface area contributed by atoms with E-state index in [2.05, 4.69) is 12.6 Å².